The fraction of sp³-hybridized carbons (Fsp3) is 0.846. The first-order valence-corrected chi connectivity index (χ1v) is 6.28. The average Bonchev–Trinajstić information content (AvgIpc) is 2.23. The zero-order valence-corrected chi connectivity index (χ0v) is 12.5. The second-order valence-electron chi connectivity index (χ2n) is 6.25. The Labute approximate surface area is 114 Å². The molecule has 1 unspecified atom stereocenters. The first-order valence-electron chi connectivity index (χ1n) is 6.28. The number of esters is 1. The maximum Gasteiger partial charge on any atom is 0.410 e. The predicted octanol–water partition coefficient (Wildman–Crippen LogP) is 1.57. The normalized spacial score (nSPS) is 22.8. The van der Waals surface area contributed by atoms with Gasteiger partial charge in [0, 0.05) is 0 Å². The van der Waals surface area contributed by atoms with Gasteiger partial charge in [0.25, 0.3) is 0 Å². The second-order valence-corrected chi connectivity index (χ2v) is 6.25. The molecule has 19 heavy (non-hydrogen) atoms. The van der Waals surface area contributed by atoms with Gasteiger partial charge >= 0.3 is 12.1 Å². The molecule has 0 saturated carbocycles. The Morgan fingerprint density at radius 2 is 1.89 bits per heavy atom. The molecular weight excluding hydrogens is 250 g/mol. The topological polar surface area (TPSA) is 65.1 Å². The van der Waals surface area contributed by atoms with Gasteiger partial charge in [-0.05, 0) is 34.6 Å². The van der Waals surface area contributed by atoms with Crippen molar-refractivity contribution < 1.29 is 23.8 Å². The van der Waals surface area contributed by atoms with E-state index in [0.29, 0.717) is 6.54 Å². The summed E-state index contributed by atoms with van der Waals surface area (Å²) in [4.78, 5) is 25.1. The Balaban J connectivity index is 2.78. The molecule has 6 heteroatoms. The quantitative estimate of drug-likeness (QED) is 0.679. The molecule has 0 N–H and O–H groups in total. The van der Waals surface area contributed by atoms with Gasteiger partial charge in [0.05, 0.1) is 25.8 Å². The molecule has 1 aliphatic rings. The minimum Gasteiger partial charge on any atom is -0.467 e. The van der Waals surface area contributed by atoms with E-state index in [1.807, 2.05) is 13.8 Å². The average molecular weight is 273 g/mol. The third kappa shape index (κ3) is 4.70. The molecule has 0 aromatic rings. The predicted molar refractivity (Wildman–Crippen MR) is 68.8 cm³/mol. The van der Waals surface area contributed by atoms with Crippen LogP contribution >= 0.6 is 0 Å². The van der Waals surface area contributed by atoms with Crippen molar-refractivity contribution >= 4 is 12.1 Å². The molecule has 1 heterocycles. The molecule has 0 aromatic heterocycles. The van der Waals surface area contributed by atoms with Crippen LogP contribution in [0, 0.1) is 0 Å². The molecule has 0 aromatic carbocycles. The number of hydrogen-bond donors (Lipinski definition) is 0. The van der Waals surface area contributed by atoms with Gasteiger partial charge in [-0.2, -0.15) is 0 Å². The minimum absolute atomic E-state index is 0.144. The lowest BCUT2D eigenvalue weighted by atomic mass is 10.1. The molecule has 1 aliphatic heterocycles. The van der Waals surface area contributed by atoms with Gasteiger partial charge in [-0.25, -0.2) is 9.59 Å². The van der Waals surface area contributed by atoms with Crippen LogP contribution < -0.4 is 0 Å². The molecule has 110 valence electrons. The number of methoxy groups -OCH3 is 1. The molecule has 0 bridgehead atoms. The number of rotatable bonds is 1. The summed E-state index contributed by atoms with van der Waals surface area (Å²) in [5.41, 5.74) is -1.19. The van der Waals surface area contributed by atoms with Crippen LogP contribution in [0.1, 0.15) is 34.6 Å². The molecule has 0 radical (unpaired) electrons. The summed E-state index contributed by atoms with van der Waals surface area (Å²) in [7, 11) is 1.30. The van der Waals surface area contributed by atoms with E-state index in [1.165, 1.54) is 12.0 Å². The van der Waals surface area contributed by atoms with Gasteiger partial charge in [-0.15, -0.1) is 0 Å². The number of carbonyl (C=O) groups is 2. The van der Waals surface area contributed by atoms with Crippen molar-refractivity contribution in [2.45, 2.75) is 51.9 Å². The van der Waals surface area contributed by atoms with Crippen molar-refractivity contribution in [3.63, 3.8) is 0 Å². The van der Waals surface area contributed by atoms with Crippen molar-refractivity contribution in [3.8, 4) is 0 Å². The van der Waals surface area contributed by atoms with Crippen molar-refractivity contribution in [3.05, 3.63) is 0 Å². The summed E-state index contributed by atoms with van der Waals surface area (Å²) < 4.78 is 15.6. The number of carbonyl (C=O) groups excluding carboxylic acids is 2. The Morgan fingerprint density at radius 1 is 1.32 bits per heavy atom. The van der Waals surface area contributed by atoms with Crippen LogP contribution in [0.15, 0.2) is 0 Å². The van der Waals surface area contributed by atoms with Gasteiger partial charge in [-0.3, -0.25) is 0 Å². The number of amides is 1. The third-order valence-electron chi connectivity index (χ3n) is 2.53. The molecule has 1 fully saturated rings. The lowest BCUT2D eigenvalue weighted by Gasteiger charge is -2.41. The molecule has 1 amide bonds. The largest absolute Gasteiger partial charge is 0.467 e. The Kier molecular flexibility index (Phi) is 4.45. The molecule has 6 nitrogen and oxygen atoms in total. The molecule has 1 rings (SSSR count). The number of morpholine rings is 1. The zero-order valence-electron chi connectivity index (χ0n) is 12.5. The lowest BCUT2D eigenvalue weighted by Crippen LogP contribution is -2.57. The number of hydrogen-bond acceptors (Lipinski definition) is 5. The monoisotopic (exact) mass is 273 g/mol. The lowest BCUT2D eigenvalue weighted by molar-refractivity contribution is -0.179. The van der Waals surface area contributed by atoms with E-state index in [9.17, 15) is 9.59 Å². The highest BCUT2D eigenvalue weighted by Gasteiger charge is 2.40. The standard InChI is InChI=1S/C13H23NO5/c1-12(2,3)19-11(16)14-7-9(10(15)17-6)18-13(4,5)8-14/h9H,7-8H2,1-6H3. The molecule has 0 aliphatic carbocycles. The highest BCUT2D eigenvalue weighted by molar-refractivity contribution is 5.76. The van der Waals surface area contributed by atoms with Gasteiger partial charge in [-0.1, -0.05) is 0 Å². The summed E-state index contributed by atoms with van der Waals surface area (Å²) in [6.45, 7) is 9.55. The second kappa shape index (κ2) is 5.36. The van der Waals surface area contributed by atoms with E-state index in [0.717, 1.165) is 0 Å². The third-order valence-corrected chi connectivity index (χ3v) is 2.53. The highest BCUT2D eigenvalue weighted by Crippen LogP contribution is 2.23. The maximum absolute atomic E-state index is 12.1. The fourth-order valence-electron chi connectivity index (χ4n) is 1.90. The van der Waals surface area contributed by atoms with Crippen molar-refractivity contribution in [1.82, 2.24) is 4.90 Å². The zero-order chi connectivity index (χ0) is 14.8. The SMILES string of the molecule is COC(=O)C1CN(C(=O)OC(C)(C)C)CC(C)(C)O1. The van der Waals surface area contributed by atoms with E-state index >= 15 is 0 Å². The number of ether oxygens (including phenoxy) is 3. The Morgan fingerprint density at radius 3 is 2.37 bits per heavy atom. The van der Waals surface area contributed by atoms with Crippen molar-refractivity contribution in [1.29, 1.82) is 0 Å². The van der Waals surface area contributed by atoms with Crippen LogP contribution in [0.25, 0.3) is 0 Å². The van der Waals surface area contributed by atoms with Crippen molar-refractivity contribution in [2.75, 3.05) is 20.2 Å². The van der Waals surface area contributed by atoms with E-state index in [-0.39, 0.29) is 6.54 Å². The molecule has 0 spiro atoms. The van der Waals surface area contributed by atoms with Crippen molar-refractivity contribution in [2.24, 2.45) is 0 Å². The summed E-state index contributed by atoms with van der Waals surface area (Å²) in [6, 6.07) is 0. The van der Waals surface area contributed by atoms with E-state index in [2.05, 4.69) is 4.74 Å². The summed E-state index contributed by atoms with van der Waals surface area (Å²) in [5.74, 6) is -0.485. The van der Waals surface area contributed by atoms with Crippen LogP contribution in [0.5, 0.6) is 0 Å². The van der Waals surface area contributed by atoms with Crippen LogP contribution in [-0.4, -0.2) is 54.5 Å². The molecule has 1 atom stereocenters. The summed E-state index contributed by atoms with van der Waals surface area (Å²) in [5, 5.41) is 0. The fourth-order valence-corrected chi connectivity index (χ4v) is 1.90. The van der Waals surface area contributed by atoms with Crippen LogP contribution in [-0.2, 0) is 19.0 Å². The first-order chi connectivity index (χ1) is 8.54. The van der Waals surface area contributed by atoms with Crippen LogP contribution in [0.2, 0.25) is 0 Å². The summed E-state index contributed by atoms with van der Waals surface area (Å²) in [6.07, 6.45) is -1.22. The smallest absolute Gasteiger partial charge is 0.410 e. The Bertz CT molecular complexity index is 359. The Hall–Kier alpha value is -1.30. The number of nitrogens with zero attached hydrogens (tertiary/aromatic N) is 1. The summed E-state index contributed by atoms with van der Waals surface area (Å²) >= 11 is 0. The van der Waals surface area contributed by atoms with Gasteiger partial charge in [0.15, 0.2) is 6.10 Å². The van der Waals surface area contributed by atoms with Gasteiger partial charge < -0.3 is 19.1 Å². The van der Waals surface area contributed by atoms with Crippen LogP contribution in [0.3, 0.4) is 0 Å². The molecule has 1 saturated heterocycles. The minimum atomic E-state index is -0.777. The highest BCUT2D eigenvalue weighted by atomic mass is 16.6. The van der Waals surface area contributed by atoms with Crippen LogP contribution in [0.4, 0.5) is 4.79 Å². The van der Waals surface area contributed by atoms with E-state index in [4.69, 9.17) is 9.47 Å². The maximum atomic E-state index is 12.1. The van der Waals surface area contributed by atoms with Gasteiger partial charge in [0.2, 0.25) is 0 Å². The van der Waals surface area contributed by atoms with E-state index < -0.39 is 29.4 Å². The van der Waals surface area contributed by atoms with E-state index in [1.54, 1.807) is 20.8 Å². The van der Waals surface area contributed by atoms with Gasteiger partial charge in [0.1, 0.15) is 5.60 Å². The first kappa shape index (κ1) is 15.8. The molecular formula is C13H23NO5.